The van der Waals surface area contributed by atoms with Crippen LogP contribution in [0.1, 0.15) is 30.0 Å². The van der Waals surface area contributed by atoms with Crippen LogP contribution >= 0.6 is 11.6 Å². The first-order valence-corrected chi connectivity index (χ1v) is 9.51. The highest BCUT2D eigenvalue weighted by molar-refractivity contribution is 6.31. The van der Waals surface area contributed by atoms with Crippen molar-refractivity contribution in [1.29, 1.82) is 0 Å². The molecule has 0 aromatic heterocycles. The zero-order chi connectivity index (χ0) is 20.1. The maximum absolute atomic E-state index is 14.4. The lowest BCUT2D eigenvalue weighted by Crippen LogP contribution is -2.38. The summed E-state index contributed by atoms with van der Waals surface area (Å²) in [6.45, 7) is 1.90. The number of nitrogens with one attached hydrogen (secondary N) is 1. The van der Waals surface area contributed by atoms with Crippen molar-refractivity contribution in [3.8, 4) is 0 Å². The molecule has 3 rings (SSSR count). The van der Waals surface area contributed by atoms with Crippen LogP contribution in [0.15, 0.2) is 42.5 Å². The van der Waals surface area contributed by atoms with E-state index in [-0.39, 0.29) is 36.4 Å². The van der Waals surface area contributed by atoms with Gasteiger partial charge in [-0.2, -0.15) is 0 Å². The van der Waals surface area contributed by atoms with Gasteiger partial charge in [0.05, 0.1) is 17.4 Å². The van der Waals surface area contributed by atoms with Gasteiger partial charge in [0.15, 0.2) is 0 Å². The van der Waals surface area contributed by atoms with E-state index in [4.69, 9.17) is 11.6 Å². The third-order valence-corrected chi connectivity index (χ3v) is 5.25. The fraction of sp³-hybridized carbons (Fsp3) is 0.350. The molecule has 1 unspecified atom stereocenters. The van der Waals surface area contributed by atoms with Gasteiger partial charge in [0.25, 0.3) is 5.69 Å². The van der Waals surface area contributed by atoms with Crippen LogP contribution in [0, 0.1) is 15.9 Å². The largest absolute Gasteiger partial charge is 0.354 e. The van der Waals surface area contributed by atoms with Gasteiger partial charge in [-0.3, -0.25) is 19.8 Å². The highest BCUT2D eigenvalue weighted by Gasteiger charge is 2.28. The minimum atomic E-state index is -0.483. The minimum absolute atomic E-state index is 0.0209. The molecule has 1 N–H and O–H groups in total. The molecule has 0 aliphatic carbocycles. The number of carbonyl (C=O) groups is 1. The van der Waals surface area contributed by atoms with Gasteiger partial charge in [-0.25, -0.2) is 4.39 Å². The summed E-state index contributed by atoms with van der Waals surface area (Å²) >= 11 is 6.25. The molecule has 1 aliphatic heterocycles. The van der Waals surface area contributed by atoms with Crippen molar-refractivity contribution in [3.05, 3.63) is 74.5 Å². The first kappa shape index (κ1) is 20.2. The topological polar surface area (TPSA) is 75.5 Å². The van der Waals surface area contributed by atoms with E-state index in [1.54, 1.807) is 24.3 Å². The number of benzene rings is 2. The number of hydrogen-bond donors (Lipinski definition) is 1. The molecule has 1 saturated heterocycles. The third-order valence-electron chi connectivity index (χ3n) is 4.92. The van der Waals surface area contributed by atoms with E-state index in [1.807, 2.05) is 0 Å². The smallest absolute Gasteiger partial charge is 0.269 e. The van der Waals surface area contributed by atoms with Crippen LogP contribution in [-0.2, 0) is 11.2 Å². The van der Waals surface area contributed by atoms with Gasteiger partial charge in [-0.05, 0) is 43.6 Å². The second kappa shape index (κ2) is 9.12. The molecule has 2 aromatic carbocycles. The summed E-state index contributed by atoms with van der Waals surface area (Å²) in [6.07, 6.45) is 2.15. The van der Waals surface area contributed by atoms with E-state index >= 15 is 0 Å². The molecule has 2 aromatic rings. The summed E-state index contributed by atoms with van der Waals surface area (Å²) < 4.78 is 14.4. The molecule has 6 nitrogen and oxygen atoms in total. The quantitative estimate of drug-likeness (QED) is 0.560. The van der Waals surface area contributed by atoms with Gasteiger partial charge >= 0.3 is 0 Å². The van der Waals surface area contributed by atoms with Crippen LogP contribution in [0.4, 0.5) is 10.1 Å². The maximum atomic E-state index is 14.4. The molecule has 148 valence electrons. The van der Waals surface area contributed by atoms with Crippen LogP contribution in [0.25, 0.3) is 0 Å². The zero-order valence-corrected chi connectivity index (χ0v) is 16.0. The Balaban J connectivity index is 1.68. The second-order valence-corrected chi connectivity index (χ2v) is 7.21. The fourth-order valence-electron chi connectivity index (χ4n) is 3.49. The van der Waals surface area contributed by atoms with Crippen molar-refractivity contribution in [3.63, 3.8) is 0 Å². The standard InChI is InChI=1S/C20H21ClFN3O3/c21-16-4-3-5-17(22)20(16)18(24-10-1-2-11-24)13-23-19(26)12-14-6-8-15(9-7-14)25(27)28/h3-9,18H,1-2,10-13H2,(H,23,26). The average Bonchev–Trinajstić information content (AvgIpc) is 3.19. The minimum Gasteiger partial charge on any atom is -0.354 e. The summed E-state index contributed by atoms with van der Waals surface area (Å²) in [7, 11) is 0. The van der Waals surface area contributed by atoms with Gasteiger partial charge in [0.1, 0.15) is 5.82 Å². The van der Waals surface area contributed by atoms with Crippen molar-refractivity contribution in [2.45, 2.75) is 25.3 Å². The Hall–Kier alpha value is -2.51. The van der Waals surface area contributed by atoms with Gasteiger partial charge in [-0.15, -0.1) is 0 Å². The molecule has 1 amide bonds. The number of nitrogens with zero attached hydrogens (tertiary/aromatic N) is 2. The van der Waals surface area contributed by atoms with E-state index in [0.717, 1.165) is 25.9 Å². The Morgan fingerprint density at radius 3 is 2.50 bits per heavy atom. The number of hydrogen-bond acceptors (Lipinski definition) is 4. The summed E-state index contributed by atoms with van der Waals surface area (Å²) in [5.74, 6) is -0.612. The number of rotatable bonds is 7. The fourth-order valence-corrected chi connectivity index (χ4v) is 3.78. The van der Waals surface area contributed by atoms with Crippen LogP contribution < -0.4 is 5.32 Å². The van der Waals surface area contributed by atoms with Crippen molar-refractivity contribution in [1.82, 2.24) is 10.2 Å². The van der Waals surface area contributed by atoms with Crippen LogP contribution in [-0.4, -0.2) is 35.4 Å². The highest BCUT2D eigenvalue weighted by Crippen LogP contribution is 2.32. The predicted molar refractivity (Wildman–Crippen MR) is 105 cm³/mol. The van der Waals surface area contributed by atoms with E-state index in [0.29, 0.717) is 16.1 Å². The monoisotopic (exact) mass is 405 g/mol. The number of nitro groups is 1. The van der Waals surface area contributed by atoms with Crippen LogP contribution in [0.2, 0.25) is 5.02 Å². The molecule has 0 saturated carbocycles. The summed E-state index contributed by atoms with van der Waals surface area (Å²) in [5, 5.41) is 13.9. The van der Waals surface area contributed by atoms with Crippen molar-refractivity contribution in [2.24, 2.45) is 0 Å². The predicted octanol–water partition coefficient (Wildman–Crippen LogP) is 3.88. The van der Waals surface area contributed by atoms with Crippen molar-refractivity contribution >= 4 is 23.2 Å². The maximum Gasteiger partial charge on any atom is 0.269 e. The lowest BCUT2D eigenvalue weighted by Gasteiger charge is -2.29. The van der Waals surface area contributed by atoms with Gasteiger partial charge in [0, 0.05) is 29.3 Å². The first-order valence-electron chi connectivity index (χ1n) is 9.13. The molecule has 28 heavy (non-hydrogen) atoms. The van der Waals surface area contributed by atoms with Gasteiger partial charge < -0.3 is 5.32 Å². The summed E-state index contributed by atoms with van der Waals surface area (Å²) in [6, 6.07) is 10.1. The molecule has 8 heteroatoms. The lowest BCUT2D eigenvalue weighted by molar-refractivity contribution is -0.384. The number of halogens is 2. The van der Waals surface area contributed by atoms with Crippen LogP contribution in [0.5, 0.6) is 0 Å². The average molecular weight is 406 g/mol. The number of carbonyl (C=O) groups excluding carboxylic acids is 1. The Morgan fingerprint density at radius 1 is 1.21 bits per heavy atom. The third kappa shape index (κ3) is 4.85. The SMILES string of the molecule is O=C(Cc1ccc([N+](=O)[O-])cc1)NCC(c1c(F)cccc1Cl)N1CCCC1. The van der Waals surface area contributed by atoms with Gasteiger partial charge in [-0.1, -0.05) is 29.8 Å². The Bertz CT molecular complexity index is 834. The summed E-state index contributed by atoms with van der Waals surface area (Å²) in [4.78, 5) is 24.7. The zero-order valence-electron chi connectivity index (χ0n) is 15.2. The summed E-state index contributed by atoms with van der Waals surface area (Å²) in [5.41, 5.74) is 1.05. The van der Waals surface area contributed by atoms with Crippen LogP contribution in [0.3, 0.4) is 0 Å². The Labute approximate surface area is 167 Å². The number of amides is 1. The first-order chi connectivity index (χ1) is 13.5. The van der Waals surface area contributed by atoms with Gasteiger partial charge in [0.2, 0.25) is 5.91 Å². The molecule has 1 heterocycles. The molecule has 1 aliphatic rings. The second-order valence-electron chi connectivity index (χ2n) is 6.80. The number of non-ortho nitro benzene ring substituents is 1. The molecular formula is C20H21ClFN3O3. The number of nitro benzene ring substituents is 1. The molecule has 0 bridgehead atoms. The van der Waals surface area contributed by atoms with E-state index < -0.39 is 4.92 Å². The number of likely N-dealkylation sites (tertiary alicyclic amines) is 1. The van der Waals surface area contributed by atoms with E-state index in [9.17, 15) is 19.3 Å². The Morgan fingerprint density at radius 2 is 1.89 bits per heavy atom. The molecule has 0 radical (unpaired) electrons. The molecular weight excluding hydrogens is 385 g/mol. The lowest BCUT2D eigenvalue weighted by atomic mass is 10.0. The molecule has 1 fully saturated rings. The Kier molecular flexibility index (Phi) is 6.59. The van der Waals surface area contributed by atoms with Crippen molar-refractivity contribution < 1.29 is 14.1 Å². The highest BCUT2D eigenvalue weighted by atomic mass is 35.5. The van der Waals surface area contributed by atoms with E-state index in [1.165, 1.54) is 18.2 Å². The normalized spacial score (nSPS) is 15.4. The molecule has 0 spiro atoms. The molecule has 1 atom stereocenters. The van der Waals surface area contributed by atoms with E-state index in [2.05, 4.69) is 10.2 Å². The van der Waals surface area contributed by atoms with Crippen molar-refractivity contribution in [2.75, 3.05) is 19.6 Å².